The van der Waals surface area contributed by atoms with Gasteiger partial charge in [-0.2, -0.15) is 0 Å². The molecule has 1 aromatic heterocycles. The first-order valence-corrected chi connectivity index (χ1v) is 5.85. The van der Waals surface area contributed by atoms with E-state index in [0.29, 0.717) is 36.1 Å². The Morgan fingerprint density at radius 1 is 1.53 bits per heavy atom. The minimum atomic E-state index is -0.195. The van der Waals surface area contributed by atoms with E-state index < -0.39 is 0 Å². The Morgan fingerprint density at radius 2 is 2.35 bits per heavy atom. The van der Waals surface area contributed by atoms with Crippen LogP contribution in [-0.4, -0.2) is 47.6 Å². The zero-order chi connectivity index (χ0) is 12.3. The molecule has 0 aliphatic carbocycles. The quantitative estimate of drug-likeness (QED) is 0.823. The van der Waals surface area contributed by atoms with Crippen LogP contribution in [0.25, 0.3) is 0 Å². The van der Waals surface area contributed by atoms with Crippen molar-refractivity contribution in [2.24, 2.45) is 0 Å². The van der Waals surface area contributed by atoms with E-state index in [1.807, 2.05) is 4.90 Å². The first-order valence-electron chi connectivity index (χ1n) is 5.47. The van der Waals surface area contributed by atoms with Crippen molar-refractivity contribution in [3.8, 4) is 0 Å². The van der Waals surface area contributed by atoms with Gasteiger partial charge in [0.25, 0.3) is 0 Å². The molecule has 1 aliphatic rings. The standard InChI is InChI=1S/C11H15ClN2O3/c12-10-3-8(6-15)4-13-11(10)14-1-2-17-9(5-14)7-16/h3-4,9,15-16H,1-2,5-7H2. The van der Waals surface area contributed by atoms with E-state index in [-0.39, 0.29) is 19.3 Å². The Labute approximate surface area is 105 Å². The van der Waals surface area contributed by atoms with Crippen LogP contribution in [0.1, 0.15) is 5.56 Å². The molecule has 5 nitrogen and oxygen atoms in total. The van der Waals surface area contributed by atoms with Crippen molar-refractivity contribution in [2.75, 3.05) is 31.2 Å². The number of aliphatic hydroxyl groups is 2. The molecular formula is C11H15ClN2O3. The van der Waals surface area contributed by atoms with Gasteiger partial charge in [0.1, 0.15) is 5.82 Å². The molecule has 17 heavy (non-hydrogen) atoms. The molecule has 0 bridgehead atoms. The Kier molecular flexibility index (Phi) is 4.17. The number of aromatic nitrogens is 1. The maximum absolute atomic E-state index is 9.07. The van der Waals surface area contributed by atoms with Gasteiger partial charge >= 0.3 is 0 Å². The largest absolute Gasteiger partial charge is 0.394 e. The predicted molar refractivity (Wildman–Crippen MR) is 64.2 cm³/mol. The highest BCUT2D eigenvalue weighted by atomic mass is 35.5. The Balaban J connectivity index is 2.16. The first-order chi connectivity index (χ1) is 8.24. The van der Waals surface area contributed by atoms with Crippen molar-refractivity contribution in [1.29, 1.82) is 0 Å². The van der Waals surface area contributed by atoms with Crippen molar-refractivity contribution in [2.45, 2.75) is 12.7 Å². The zero-order valence-corrected chi connectivity index (χ0v) is 10.1. The average molecular weight is 259 g/mol. The average Bonchev–Trinajstić information content (AvgIpc) is 2.38. The van der Waals surface area contributed by atoms with E-state index in [0.717, 1.165) is 0 Å². The summed E-state index contributed by atoms with van der Waals surface area (Å²) in [6, 6.07) is 1.70. The number of morpholine rings is 1. The highest BCUT2D eigenvalue weighted by molar-refractivity contribution is 6.33. The lowest BCUT2D eigenvalue weighted by atomic mass is 10.2. The van der Waals surface area contributed by atoms with Crippen molar-refractivity contribution >= 4 is 17.4 Å². The van der Waals surface area contributed by atoms with E-state index >= 15 is 0 Å². The van der Waals surface area contributed by atoms with Crippen molar-refractivity contribution in [3.05, 3.63) is 22.8 Å². The molecule has 6 heteroatoms. The molecule has 0 radical (unpaired) electrons. The van der Waals surface area contributed by atoms with Crippen molar-refractivity contribution < 1.29 is 14.9 Å². The maximum Gasteiger partial charge on any atom is 0.147 e. The zero-order valence-electron chi connectivity index (χ0n) is 9.34. The lowest BCUT2D eigenvalue weighted by Crippen LogP contribution is -2.44. The molecule has 0 saturated carbocycles. The van der Waals surface area contributed by atoms with Gasteiger partial charge in [0, 0.05) is 19.3 Å². The van der Waals surface area contributed by atoms with Gasteiger partial charge in [0.15, 0.2) is 0 Å². The van der Waals surface area contributed by atoms with Crippen LogP contribution < -0.4 is 4.90 Å². The summed E-state index contributed by atoms with van der Waals surface area (Å²) in [6.07, 6.45) is 1.41. The fourth-order valence-corrected chi connectivity index (χ4v) is 2.12. The van der Waals surface area contributed by atoms with E-state index in [4.69, 9.17) is 26.6 Å². The number of hydrogen-bond donors (Lipinski definition) is 2. The summed E-state index contributed by atoms with van der Waals surface area (Å²) in [7, 11) is 0. The highest BCUT2D eigenvalue weighted by Gasteiger charge is 2.22. The summed E-state index contributed by atoms with van der Waals surface area (Å²) in [4.78, 5) is 6.22. The smallest absolute Gasteiger partial charge is 0.147 e. The molecule has 1 saturated heterocycles. The monoisotopic (exact) mass is 258 g/mol. The molecule has 94 valence electrons. The third-order valence-electron chi connectivity index (χ3n) is 2.70. The summed E-state index contributed by atoms with van der Waals surface area (Å²) in [5.41, 5.74) is 0.686. The van der Waals surface area contributed by atoms with E-state index in [2.05, 4.69) is 4.98 Å². The van der Waals surface area contributed by atoms with Crippen LogP contribution in [0.4, 0.5) is 5.82 Å². The Bertz CT molecular complexity index is 389. The number of halogens is 1. The van der Waals surface area contributed by atoms with Crippen LogP contribution in [0.5, 0.6) is 0 Å². The van der Waals surface area contributed by atoms with Crippen molar-refractivity contribution in [1.82, 2.24) is 4.98 Å². The van der Waals surface area contributed by atoms with Gasteiger partial charge in [0.2, 0.25) is 0 Å². The topological polar surface area (TPSA) is 65.8 Å². The second kappa shape index (κ2) is 5.64. The van der Waals surface area contributed by atoms with E-state index in [1.54, 1.807) is 12.3 Å². The van der Waals surface area contributed by atoms with E-state index in [9.17, 15) is 0 Å². The Hall–Kier alpha value is -0.880. The van der Waals surface area contributed by atoms with Crippen LogP contribution >= 0.6 is 11.6 Å². The second-order valence-corrected chi connectivity index (χ2v) is 4.34. The van der Waals surface area contributed by atoms with Gasteiger partial charge in [-0.25, -0.2) is 4.98 Å². The third-order valence-corrected chi connectivity index (χ3v) is 2.98. The molecule has 0 aromatic carbocycles. The van der Waals surface area contributed by atoms with Crippen LogP contribution in [0.15, 0.2) is 12.3 Å². The lowest BCUT2D eigenvalue weighted by molar-refractivity contribution is 0.00336. The second-order valence-electron chi connectivity index (χ2n) is 3.93. The fourth-order valence-electron chi connectivity index (χ4n) is 1.81. The summed E-state index contributed by atoms with van der Waals surface area (Å²) in [5, 5.41) is 18.6. The fraction of sp³-hybridized carbons (Fsp3) is 0.545. The minimum Gasteiger partial charge on any atom is -0.394 e. The van der Waals surface area contributed by atoms with Crippen LogP contribution in [0.2, 0.25) is 5.02 Å². The summed E-state index contributed by atoms with van der Waals surface area (Å²) >= 11 is 6.11. The Morgan fingerprint density at radius 3 is 3.00 bits per heavy atom. The first kappa shape index (κ1) is 12.6. The van der Waals surface area contributed by atoms with Crippen LogP contribution in [0, 0.1) is 0 Å². The van der Waals surface area contributed by atoms with Gasteiger partial charge < -0.3 is 19.8 Å². The molecular weight excluding hydrogens is 244 g/mol. The van der Waals surface area contributed by atoms with Gasteiger partial charge in [-0.1, -0.05) is 11.6 Å². The number of nitrogens with zero attached hydrogens (tertiary/aromatic N) is 2. The van der Waals surface area contributed by atoms with Gasteiger partial charge in [-0.15, -0.1) is 0 Å². The number of anilines is 1. The summed E-state index contributed by atoms with van der Waals surface area (Å²) in [6.45, 7) is 1.73. The maximum atomic E-state index is 9.07. The predicted octanol–water partition coefficient (Wildman–Crippen LogP) is 0.425. The van der Waals surface area contributed by atoms with Crippen LogP contribution in [0.3, 0.4) is 0 Å². The molecule has 1 aliphatic heterocycles. The molecule has 2 heterocycles. The number of rotatable bonds is 3. The van der Waals surface area contributed by atoms with Crippen LogP contribution in [-0.2, 0) is 11.3 Å². The number of aliphatic hydroxyl groups excluding tert-OH is 2. The normalized spacial score (nSPS) is 20.6. The third kappa shape index (κ3) is 2.87. The number of hydrogen-bond acceptors (Lipinski definition) is 5. The van der Waals surface area contributed by atoms with Gasteiger partial charge in [0.05, 0.1) is 30.9 Å². The molecule has 1 atom stereocenters. The summed E-state index contributed by atoms with van der Waals surface area (Å²) in [5.74, 6) is 0.672. The molecule has 1 aromatic rings. The molecule has 2 N–H and O–H groups in total. The number of ether oxygens (including phenoxy) is 1. The SMILES string of the molecule is OCc1cnc(N2CCOC(CO)C2)c(Cl)c1. The highest BCUT2D eigenvalue weighted by Crippen LogP contribution is 2.25. The minimum absolute atomic E-state index is 0.0111. The molecule has 1 unspecified atom stereocenters. The van der Waals surface area contributed by atoms with Gasteiger partial charge in [-0.3, -0.25) is 0 Å². The lowest BCUT2D eigenvalue weighted by Gasteiger charge is -2.33. The van der Waals surface area contributed by atoms with E-state index in [1.165, 1.54) is 0 Å². The number of pyridine rings is 1. The molecule has 0 amide bonds. The molecule has 1 fully saturated rings. The molecule has 0 spiro atoms. The molecule has 2 rings (SSSR count). The van der Waals surface area contributed by atoms with Crippen molar-refractivity contribution in [3.63, 3.8) is 0 Å². The van der Waals surface area contributed by atoms with Gasteiger partial charge in [-0.05, 0) is 11.6 Å². The summed E-state index contributed by atoms with van der Waals surface area (Å²) < 4.78 is 5.36.